The number of aliphatic imine (C=N–C) groups is 1. The van der Waals surface area contributed by atoms with Crippen LogP contribution in [0.2, 0.25) is 0 Å². The molecule has 1 aliphatic heterocycles. The molecule has 0 spiro atoms. The number of aromatic amines is 1. The third-order valence-corrected chi connectivity index (χ3v) is 13.0. The van der Waals surface area contributed by atoms with Gasteiger partial charge in [0.25, 0.3) is 0 Å². The second-order valence-corrected chi connectivity index (χ2v) is 16.0. The lowest BCUT2D eigenvalue weighted by Gasteiger charge is -2.56. The molecule has 1 N–H and O–H groups in total. The molecule has 8 aliphatic carbocycles. The van der Waals surface area contributed by atoms with Gasteiger partial charge in [0, 0.05) is 33.5 Å². The van der Waals surface area contributed by atoms with Crippen LogP contribution in [-0.4, -0.2) is 10.7 Å². The first kappa shape index (κ1) is 24.3. The molecule has 0 radical (unpaired) electrons. The number of allylic oxidation sites excluding steroid dienone is 2. The van der Waals surface area contributed by atoms with Crippen LogP contribution in [0.1, 0.15) is 111 Å². The van der Waals surface area contributed by atoms with Gasteiger partial charge in [0.05, 0.1) is 5.70 Å². The van der Waals surface area contributed by atoms with Crippen LogP contribution in [0.5, 0.6) is 0 Å². The van der Waals surface area contributed by atoms with Crippen molar-refractivity contribution in [2.45, 2.75) is 103 Å². The normalized spacial score (nSPS) is 41.7. The Kier molecular flexibility index (Phi) is 5.07. The molecular weight excluding hydrogens is 484 g/mol. The number of aryl methyl sites for hydroxylation is 3. The first-order valence-electron chi connectivity index (χ1n) is 16.6. The van der Waals surface area contributed by atoms with Crippen molar-refractivity contribution in [1.29, 1.82) is 0 Å². The molecule has 40 heavy (non-hydrogen) atoms. The van der Waals surface area contributed by atoms with Gasteiger partial charge in [0.2, 0.25) is 0 Å². The van der Waals surface area contributed by atoms with Gasteiger partial charge in [-0.15, -0.1) is 0 Å². The molecule has 8 bridgehead atoms. The van der Waals surface area contributed by atoms with Crippen molar-refractivity contribution < 1.29 is 0 Å². The largest absolute Gasteiger partial charge is 0.358 e. The van der Waals surface area contributed by atoms with E-state index in [0.717, 1.165) is 35.5 Å². The van der Waals surface area contributed by atoms with Crippen molar-refractivity contribution in [3.8, 4) is 0 Å². The van der Waals surface area contributed by atoms with Crippen LogP contribution in [0, 0.1) is 61.7 Å². The van der Waals surface area contributed by atoms with Crippen molar-refractivity contribution in [2.24, 2.45) is 45.9 Å². The molecule has 1 aromatic heterocycles. The topological polar surface area (TPSA) is 28.1 Å². The number of hydrogen-bond donors (Lipinski definition) is 1. The summed E-state index contributed by atoms with van der Waals surface area (Å²) in [4.78, 5) is 9.71. The predicted octanol–water partition coefficient (Wildman–Crippen LogP) is 9.39. The number of benzene rings is 1. The zero-order chi connectivity index (χ0) is 26.8. The van der Waals surface area contributed by atoms with Gasteiger partial charge >= 0.3 is 0 Å². The minimum atomic E-state index is 0.343. The Hall–Kier alpha value is -2.35. The first-order chi connectivity index (χ1) is 19.3. The van der Waals surface area contributed by atoms with E-state index in [0.29, 0.717) is 10.8 Å². The Balaban J connectivity index is 1.16. The number of hydrogen-bond acceptors (Lipinski definition) is 1. The minimum Gasteiger partial charge on any atom is -0.358 e. The summed E-state index contributed by atoms with van der Waals surface area (Å²) in [6, 6.07) is 9.63. The number of nitrogens with one attached hydrogen (secondary N) is 1. The van der Waals surface area contributed by atoms with Gasteiger partial charge in [-0.05, 0) is 174 Å². The summed E-state index contributed by atoms with van der Waals surface area (Å²) in [5.41, 5.74) is 13.0. The second kappa shape index (κ2) is 8.36. The summed E-state index contributed by atoms with van der Waals surface area (Å²) >= 11 is 0. The zero-order valence-corrected chi connectivity index (χ0v) is 24.9. The summed E-state index contributed by atoms with van der Waals surface area (Å²) < 4.78 is 0. The fraction of sp³-hybridized carbons (Fsp3) is 0.605. The second-order valence-electron chi connectivity index (χ2n) is 16.0. The molecule has 0 amide bonds. The van der Waals surface area contributed by atoms with Crippen molar-refractivity contribution in [2.75, 3.05) is 0 Å². The molecule has 8 fully saturated rings. The van der Waals surface area contributed by atoms with E-state index in [1.54, 1.807) is 0 Å². The van der Waals surface area contributed by atoms with Crippen molar-refractivity contribution in [3.63, 3.8) is 0 Å². The third-order valence-electron chi connectivity index (χ3n) is 13.0. The maximum absolute atomic E-state index is 5.60. The fourth-order valence-corrected chi connectivity index (χ4v) is 12.5. The van der Waals surface area contributed by atoms with Gasteiger partial charge < -0.3 is 4.98 Å². The summed E-state index contributed by atoms with van der Waals surface area (Å²) in [7, 11) is 0. The predicted molar refractivity (Wildman–Crippen MR) is 164 cm³/mol. The van der Waals surface area contributed by atoms with E-state index >= 15 is 0 Å². The molecule has 8 saturated carbocycles. The standard InChI is InChI=1S/C38H46N2/c1-22-8-23(2)35(24(3)9-22)36(31-4-6-33(39-31)37-16-25-10-26(17-37)12-27(11-25)18-37)32-5-7-34(40-32)38-19-28-13-29(20-38)15-30(14-28)21-38/h4-9,25-30,39H,10-21H2,1-3H3/b36-32+. The molecule has 1 aromatic carbocycles. The van der Waals surface area contributed by atoms with Crippen LogP contribution in [0.4, 0.5) is 0 Å². The van der Waals surface area contributed by atoms with Crippen LogP contribution < -0.4 is 0 Å². The van der Waals surface area contributed by atoms with E-state index in [-0.39, 0.29) is 0 Å². The lowest BCUT2D eigenvalue weighted by Crippen LogP contribution is -2.49. The Morgan fingerprint density at radius 1 is 0.675 bits per heavy atom. The number of rotatable bonds is 4. The molecule has 2 aromatic rings. The van der Waals surface area contributed by atoms with Gasteiger partial charge in [0.1, 0.15) is 0 Å². The molecule has 2 heteroatoms. The Labute approximate surface area is 240 Å². The van der Waals surface area contributed by atoms with E-state index in [9.17, 15) is 0 Å². The van der Waals surface area contributed by atoms with E-state index in [4.69, 9.17) is 4.99 Å². The average Bonchev–Trinajstić information content (AvgIpc) is 3.56. The van der Waals surface area contributed by atoms with Gasteiger partial charge in [-0.3, -0.25) is 4.99 Å². The van der Waals surface area contributed by atoms with E-state index in [1.165, 1.54) is 128 Å². The molecule has 2 nitrogen and oxygen atoms in total. The number of H-pyrrole nitrogens is 1. The summed E-state index contributed by atoms with van der Waals surface area (Å²) in [6.07, 6.45) is 22.1. The van der Waals surface area contributed by atoms with Gasteiger partial charge in [0.15, 0.2) is 0 Å². The Morgan fingerprint density at radius 2 is 1.18 bits per heavy atom. The molecule has 0 saturated heterocycles. The molecule has 9 aliphatic rings. The van der Waals surface area contributed by atoms with Crippen molar-refractivity contribution in [3.05, 3.63) is 75.8 Å². The quantitative estimate of drug-likeness (QED) is 0.408. The Morgan fingerprint density at radius 3 is 1.70 bits per heavy atom. The highest BCUT2D eigenvalue weighted by Crippen LogP contribution is 2.62. The van der Waals surface area contributed by atoms with Crippen LogP contribution >= 0.6 is 0 Å². The summed E-state index contributed by atoms with van der Waals surface area (Å²) in [5.74, 6) is 5.72. The van der Waals surface area contributed by atoms with E-state index < -0.39 is 0 Å². The van der Waals surface area contributed by atoms with Crippen LogP contribution in [0.25, 0.3) is 5.57 Å². The summed E-state index contributed by atoms with van der Waals surface area (Å²) in [6.45, 7) is 6.84. The first-order valence-corrected chi connectivity index (χ1v) is 16.6. The average molecular weight is 531 g/mol. The Bertz CT molecular complexity index is 1400. The maximum atomic E-state index is 5.60. The van der Waals surface area contributed by atoms with Crippen LogP contribution in [-0.2, 0) is 5.41 Å². The molecule has 2 heterocycles. The molecule has 0 atom stereocenters. The van der Waals surface area contributed by atoms with Gasteiger partial charge in [-0.2, -0.15) is 0 Å². The molecule has 11 rings (SSSR count). The minimum absolute atomic E-state index is 0.343. The highest BCUT2D eigenvalue weighted by molar-refractivity contribution is 6.05. The van der Waals surface area contributed by atoms with Crippen LogP contribution in [0.15, 0.2) is 47.1 Å². The molecule has 208 valence electrons. The zero-order valence-electron chi connectivity index (χ0n) is 24.9. The maximum Gasteiger partial charge on any atom is 0.0733 e. The highest BCUT2D eigenvalue weighted by atomic mass is 14.8. The SMILES string of the molecule is Cc1cc(C)c(/C(=C2\C=CC(C34CC5CC(CC(C5)C3)C4)=N2)c2ccc(C34CC5CC(CC(C5)C3)C4)[nH]2)c(C)c1. The lowest BCUT2D eigenvalue weighted by atomic mass is 9.48. The molecule has 0 unspecified atom stereocenters. The number of aromatic nitrogens is 1. The number of nitrogens with zero attached hydrogens (tertiary/aromatic N) is 1. The fourth-order valence-electron chi connectivity index (χ4n) is 12.5. The van der Waals surface area contributed by atoms with E-state index in [2.05, 4.69) is 62.2 Å². The van der Waals surface area contributed by atoms with Gasteiger partial charge in [-0.1, -0.05) is 17.7 Å². The monoisotopic (exact) mass is 530 g/mol. The van der Waals surface area contributed by atoms with Crippen LogP contribution in [0.3, 0.4) is 0 Å². The van der Waals surface area contributed by atoms with Crippen molar-refractivity contribution >= 4 is 11.3 Å². The van der Waals surface area contributed by atoms with E-state index in [1.807, 2.05) is 0 Å². The molecular formula is C38H46N2. The lowest BCUT2D eigenvalue weighted by molar-refractivity contribution is -0.0117. The highest BCUT2D eigenvalue weighted by Gasteiger charge is 2.54. The smallest absolute Gasteiger partial charge is 0.0733 e. The summed E-state index contributed by atoms with van der Waals surface area (Å²) in [5, 5.41) is 0. The van der Waals surface area contributed by atoms with Gasteiger partial charge in [-0.25, -0.2) is 0 Å². The third kappa shape index (κ3) is 3.56. The van der Waals surface area contributed by atoms with Crippen molar-refractivity contribution in [1.82, 2.24) is 4.98 Å².